The zero-order valence-corrected chi connectivity index (χ0v) is 17.8. The van der Waals surface area contributed by atoms with E-state index in [4.69, 9.17) is 14.8 Å². The fourth-order valence-electron chi connectivity index (χ4n) is 4.43. The molecule has 7 heteroatoms. The molecule has 160 valence electrons. The molecular formula is C24H27N5O2. The molecule has 0 bridgehead atoms. The van der Waals surface area contributed by atoms with Crippen molar-refractivity contribution in [2.24, 2.45) is 5.92 Å². The molecule has 0 unspecified atom stereocenters. The average Bonchev–Trinajstić information content (AvgIpc) is 3.23. The van der Waals surface area contributed by atoms with Gasteiger partial charge < -0.3 is 10.1 Å². The van der Waals surface area contributed by atoms with Crippen LogP contribution in [0.2, 0.25) is 0 Å². The number of anilines is 1. The van der Waals surface area contributed by atoms with E-state index in [2.05, 4.69) is 41.5 Å². The third-order valence-corrected chi connectivity index (χ3v) is 6.16. The number of pyridine rings is 1. The summed E-state index contributed by atoms with van der Waals surface area (Å²) >= 11 is 0. The van der Waals surface area contributed by atoms with Gasteiger partial charge in [-0.2, -0.15) is 5.10 Å². The zero-order valence-electron chi connectivity index (χ0n) is 17.8. The largest absolute Gasteiger partial charge is 0.466 e. The lowest BCUT2D eigenvalue weighted by molar-refractivity contribution is -0.118. The third kappa shape index (κ3) is 4.17. The number of ether oxygens (including phenoxy) is 1. The van der Waals surface area contributed by atoms with Crippen molar-refractivity contribution in [3.63, 3.8) is 0 Å². The maximum absolute atomic E-state index is 11.8. The quantitative estimate of drug-likeness (QED) is 0.668. The van der Waals surface area contributed by atoms with Gasteiger partial charge in [0, 0.05) is 18.2 Å². The standard InChI is InChI=1S/C24H27N5O2/c1-2-16-8-10-19(11-9-16)29-23(27-21(28-29)12-17-6-4-3-5-7-17)18-13-20-24(25-14-18)31-15-22(30)26-20/h8-11,13-14,17H,2-7,12,15H2,1H3,(H,26,30). The van der Waals surface area contributed by atoms with Gasteiger partial charge in [0.25, 0.3) is 5.91 Å². The first-order chi connectivity index (χ1) is 15.2. The molecule has 1 aliphatic carbocycles. The van der Waals surface area contributed by atoms with E-state index >= 15 is 0 Å². The van der Waals surface area contributed by atoms with Crippen LogP contribution >= 0.6 is 0 Å². The monoisotopic (exact) mass is 417 g/mol. The number of hydrogen-bond donors (Lipinski definition) is 1. The minimum Gasteiger partial charge on any atom is -0.466 e. The first kappa shape index (κ1) is 19.7. The molecule has 7 nitrogen and oxygen atoms in total. The van der Waals surface area contributed by atoms with Crippen molar-refractivity contribution in [2.45, 2.75) is 51.9 Å². The average molecular weight is 418 g/mol. The van der Waals surface area contributed by atoms with Gasteiger partial charge in [0.05, 0.1) is 5.69 Å². The fraction of sp³-hybridized carbons (Fsp3) is 0.417. The van der Waals surface area contributed by atoms with Crippen molar-refractivity contribution in [1.82, 2.24) is 19.7 Å². The Labute approximate surface area is 181 Å². The molecule has 2 aromatic heterocycles. The first-order valence-corrected chi connectivity index (χ1v) is 11.2. The van der Waals surface area contributed by atoms with Crippen LogP contribution in [0, 0.1) is 5.92 Å². The van der Waals surface area contributed by atoms with Gasteiger partial charge in [-0.05, 0) is 36.1 Å². The molecule has 5 rings (SSSR count). The molecule has 0 atom stereocenters. The molecule has 1 saturated carbocycles. The number of nitrogens with zero attached hydrogens (tertiary/aromatic N) is 4. The van der Waals surface area contributed by atoms with E-state index in [1.54, 1.807) is 6.20 Å². The topological polar surface area (TPSA) is 81.9 Å². The lowest BCUT2D eigenvalue weighted by Crippen LogP contribution is -2.26. The Balaban J connectivity index is 1.54. The van der Waals surface area contributed by atoms with E-state index in [1.165, 1.54) is 37.7 Å². The van der Waals surface area contributed by atoms with Crippen LogP contribution in [0.15, 0.2) is 36.5 Å². The van der Waals surface area contributed by atoms with Gasteiger partial charge in [-0.3, -0.25) is 4.79 Å². The highest BCUT2D eigenvalue weighted by Gasteiger charge is 2.22. The Hall–Kier alpha value is -3.22. The van der Waals surface area contributed by atoms with Crippen LogP contribution in [0.4, 0.5) is 5.69 Å². The van der Waals surface area contributed by atoms with E-state index in [-0.39, 0.29) is 12.5 Å². The number of nitrogens with one attached hydrogen (secondary N) is 1. The summed E-state index contributed by atoms with van der Waals surface area (Å²) in [5.41, 5.74) is 3.61. The molecule has 0 radical (unpaired) electrons. The maximum Gasteiger partial charge on any atom is 0.262 e. The number of carbonyl (C=O) groups is 1. The van der Waals surface area contributed by atoms with E-state index in [0.717, 1.165) is 35.7 Å². The summed E-state index contributed by atoms with van der Waals surface area (Å²) in [7, 11) is 0. The minimum atomic E-state index is -0.180. The summed E-state index contributed by atoms with van der Waals surface area (Å²) in [5.74, 6) is 2.49. The summed E-state index contributed by atoms with van der Waals surface area (Å²) < 4.78 is 7.30. The Morgan fingerprint density at radius 3 is 2.74 bits per heavy atom. The van der Waals surface area contributed by atoms with Gasteiger partial charge in [0.15, 0.2) is 18.3 Å². The SMILES string of the molecule is CCc1ccc(-n2nc(CC3CCCCC3)nc2-c2cnc3c(c2)NC(=O)CO3)cc1. The van der Waals surface area contributed by atoms with Crippen LogP contribution in [-0.4, -0.2) is 32.3 Å². The number of aromatic nitrogens is 4. The van der Waals surface area contributed by atoms with Crippen molar-refractivity contribution in [3.05, 3.63) is 47.9 Å². The molecule has 2 aliphatic rings. The molecule has 1 aromatic carbocycles. The van der Waals surface area contributed by atoms with Gasteiger partial charge in [-0.25, -0.2) is 14.6 Å². The number of aryl methyl sites for hydroxylation is 1. The molecule has 3 heterocycles. The highest BCUT2D eigenvalue weighted by atomic mass is 16.5. The summed E-state index contributed by atoms with van der Waals surface area (Å²) in [6.07, 6.45) is 10.1. The molecule has 0 spiro atoms. The lowest BCUT2D eigenvalue weighted by atomic mass is 9.87. The number of hydrogen-bond acceptors (Lipinski definition) is 5. The van der Waals surface area contributed by atoms with Crippen LogP contribution in [0.5, 0.6) is 5.88 Å². The molecule has 1 aliphatic heterocycles. The number of fused-ring (bicyclic) bond motifs is 1. The second-order valence-electron chi connectivity index (χ2n) is 8.41. The summed E-state index contributed by atoms with van der Waals surface area (Å²) in [4.78, 5) is 21.1. The Bertz CT molecular complexity index is 1080. The molecule has 1 N–H and O–H groups in total. The van der Waals surface area contributed by atoms with Crippen LogP contribution in [0.1, 0.15) is 50.4 Å². The van der Waals surface area contributed by atoms with Crippen molar-refractivity contribution in [3.8, 4) is 23.0 Å². The molecular weight excluding hydrogens is 390 g/mol. The van der Waals surface area contributed by atoms with E-state index in [1.807, 2.05) is 10.7 Å². The van der Waals surface area contributed by atoms with Gasteiger partial charge in [-0.1, -0.05) is 51.2 Å². The predicted molar refractivity (Wildman–Crippen MR) is 118 cm³/mol. The summed E-state index contributed by atoms with van der Waals surface area (Å²) in [5, 5.41) is 7.73. The second-order valence-corrected chi connectivity index (χ2v) is 8.41. The highest BCUT2D eigenvalue weighted by Crippen LogP contribution is 2.32. The maximum atomic E-state index is 11.8. The summed E-state index contributed by atoms with van der Waals surface area (Å²) in [6.45, 7) is 2.14. The fourth-order valence-corrected chi connectivity index (χ4v) is 4.43. The molecule has 3 aromatic rings. The van der Waals surface area contributed by atoms with Gasteiger partial charge >= 0.3 is 0 Å². The van der Waals surface area contributed by atoms with E-state index < -0.39 is 0 Å². The zero-order chi connectivity index (χ0) is 21.2. The number of carbonyl (C=O) groups excluding carboxylic acids is 1. The Morgan fingerprint density at radius 2 is 1.97 bits per heavy atom. The van der Waals surface area contributed by atoms with Crippen LogP contribution in [0.25, 0.3) is 17.1 Å². The van der Waals surface area contributed by atoms with Crippen LogP contribution in [-0.2, 0) is 17.6 Å². The molecule has 1 fully saturated rings. The van der Waals surface area contributed by atoms with Crippen molar-refractivity contribution >= 4 is 11.6 Å². The molecule has 0 saturated heterocycles. The number of benzene rings is 1. The normalized spacial score (nSPS) is 16.5. The van der Waals surface area contributed by atoms with Crippen LogP contribution < -0.4 is 10.1 Å². The second kappa shape index (κ2) is 8.49. The van der Waals surface area contributed by atoms with Gasteiger partial charge in [0.1, 0.15) is 5.69 Å². The first-order valence-electron chi connectivity index (χ1n) is 11.2. The van der Waals surface area contributed by atoms with Crippen molar-refractivity contribution in [1.29, 1.82) is 0 Å². The predicted octanol–water partition coefficient (Wildman–Crippen LogP) is 4.35. The van der Waals surface area contributed by atoms with E-state index in [9.17, 15) is 4.79 Å². The molecule has 31 heavy (non-hydrogen) atoms. The minimum absolute atomic E-state index is 0.00908. The van der Waals surface area contributed by atoms with E-state index in [0.29, 0.717) is 17.5 Å². The Kier molecular flexibility index (Phi) is 5.40. The third-order valence-electron chi connectivity index (χ3n) is 6.16. The van der Waals surface area contributed by atoms with Crippen molar-refractivity contribution in [2.75, 3.05) is 11.9 Å². The highest BCUT2D eigenvalue weighted by molar-refractivity contribution is 5.95. The molecule has 1 amide bonds. The summed E-state index contributed by atoms with van der Waals surface area (Å²) in [6, 6.07) is 10.3. The van der Waals surface area contributed by atoms with Gasteiger partial charge in [0.2, 0.25) is 5.88 Å². The Morgan fingerprint density at radius 1 is 1.16 bits per heavy atom. The van der Waals surface area contributed by atoms with Gasteiger partial charge in [-0.15, -0.1) is 0 Å². The number of rotatable bonds is 5. The smallest absolute Gasteiger partial charge is 0.262 e. The van der Waals surface area contributed by atoms with Crippen molar-refractivity contribution < 1.29 is 9.53 Å². The lowest BCUT2D eigenvalue weighted by Gasteiger charge is -2.19. The van der Waals surface area contributed by atoms with Crippen LogP contribution in [0.3, 0.4) is 0 Å². The number of amides is 1.